The first-order valence-electron chi connectivity index (χ1n) is 7.14. The van der Waals surface area contributed by atoms with Crippen LogP contribution in [0.2, 0.25) is 0 Å². The van der Waals surface area contributed by atoms with E-state index in [2.05, 4.69) is 21.9 Å². The number of nitrogens with zero attached hydrogens (tertiary/aromatic N) is 1. The van der Waals surface area contributed by atoms with Gasteiger partial charge in [0.1, 0.15) is 5.75 Å². The summed E-state index contributed by atoms with van der Waals surface area (Å²) in [6, 6.07) is 7.40. The summed E-state index contributed by atoms with van der Waals surface area (Å²) in [7, 11) is 0. The second kappa shape index (κ2) is 7.55. The van der Waals surface area contributed by atoms with Crippen LogP contribution in [0, 0.1) is 0 Å². The number of benzene rings is 1. The number of ether oxygens (including phenoxy) is 1. The summed E-state index contributed by atoms with van der Waals surface area (Å²) < 4.78 is 29.1. The summed E-state index contributed by atoms with van der Waals surface area (Å²) in [4.78, 5) is 2.45. The van der Waals surface area contributed by atoms with E-state index < -0.39 is 6.61 Å². The summed E-state index contributed by atoms with van der Waals surface area (Å²) in [5.41, 5.74) is 0.765. The third-order valence-electron chi connectivity index (χ3n) is 3.71. The van der Waals surface area contributed by atoms with Gasteiger partial charge in [0, 0.05) is 24.7 Å². The molecule has 1 saturated heterocycles. The molecule has 0 bridgehead atoms. The molecule has 1 heterocycles. The zero-order chi connectivity index (χ0) is 14.4. The maximum Gasteiger partial charge on any atom is 0.387 e. The van der Waals surface area contributed by atoms with Gasteiger partial charge in [-0.2, -0.15) is 8.78 Å². The average molecular weight is 284 g/mol. The number of alkyl halides is 2. The fourth-order valence-corrected chi connectivity index (χ4v) is 2.59. The summed E-state index contributed by atoms with van der Waals surface area (Å²) in [5.74, 6) is 0.254. The Labute approximate surface area is 118 Å². The Kier molecular flexibility index (Phi) is 5.73. The molecular weight excluding hydrogens is 262 g/mol. The van der Waals surface area contributed by atoms with Gasteiger partial charge in [-0.15, -0.1) is 0 Å². The second-order valence-electron chi connectivity index (χ2n) is 5.21. The highest BCUT2D eigenvalue weighted by Gasteiger charge is 2.17. The van der Waals surface area contributed by atoms with E-state index in [0.717, 1.165) is 25.2 Å². The topological polar surface area (TPSA) is 24.5 Å². The molecule has 1 aliphatic heterocycles. The van der Waals surface area contributed by atoms with Crippen molar-refractivity contribution in [3.63, 3.8) is 0 Å². The average Bonchev–Trinajstić information content (AvgIpc) is 2.94. The molecule has 20 heavy (non-hydrogen) atoms. The highest BCUT2D eigenvalue weighted by molar-refractivity contribution is 5.33. The predicted molar refractivity (Wildman–Crippen MR) is 75.0 cm³/mol. The lowest BCUT2D eigenvalue weighted by atomic mass is 10.2. The van der Waals surface area contributed by atoms with Crippen molar-refractivity contribution in [2.24, 2.45) is 0 Å². The molecule has 1 unspecified atom stereocenters. The SMILES string of the molecule is CC(CNCc1ccccc1OC(F)F)N1CCCC1. The van der Waals surface area contributed by atoms with Crippen molar-refractivity contribution >= 4 is 0 Å². The molecule has 0 amide bonds. The summed E-state index contributed by atoms with van der Waals surface area (Å²) in [6.07, 6.45) is 2.55. The van der Waals surface area contributed by atoms with Crippen LogP contribution in [0.1, 0.15) is 25.3 Å². The van der Waals surface area contributed by atoms with Gasteiger partial charge < -0.3 is 10.1 Å². The van der Waals surface area contributed by atoms with Gasteiger partial charge in [-0.3, -0.25) is 4.90 Å². The molecule has 0 spiro atoms. The maximum absolute atomic E-state index is 12.3. The largest absolute Gasteiger partial charge is 0.434 e. The normalized spacial score (nSPS) is 17.6. The van der Waals surface area contributed by atoms with Gasteiger partial charge in [0.05, 0.1) is 0 Å². The van der Waals surface area contributed by atoms with Crippen LogP contribution in [0.5, 0.6) is 5.75 Å². The van der Waals surface area contributed by atoms with Crippen LogP contribution in [0.3, 0.4) is 0 Å². The van der Waals surface area contributed by atoms with E-state index in [0.29, 0.717) is 12.6 Å². The van der Waals surface area contributed by atoms with Crippen molar-refractivity contribution in [2.45, 2.75) is 39.0 Å². The Morgan fingerprint density at radius 3 is 2.65 bits per heavy atom. The van der Waals surface area contributed by atoms with Gasteiger partial charge in [-0.1, -0.05) is 18.2 Å². The van der Waals surface area contributed by atoms with Crippen molar-refractivity contribution in [1.29, 1.82) is 0 Å². The zero-order valence-electron chi connectivity index (χ0n) is 11.8. The minimum absolute atomic E-state index is 0.254. The van der Waals surface area contributed by atoms with E-state index in [4.69, 9.17) is 0 Å². The lowest BCUT2D eigenvalue weighted by Gasteiger charge is -2.24. The number of likely N-dealkylation sites (tertiary alicyclic amines) is 1. The fraction of sp³-hybridized carbons (Fsp3) is 0.600. The Hall–Kier alpha value is -1.20. The molecule has 2 rings (SSSR count). The molecule has 1 N–H and O–H groups in total. The van der Waals surface area contributed by atoms with Gasteiger partial charge in [0.25, 0.3) is 0 Å². The van der Waals surface area contributed by atoms with Crippen LogP contribution in [0.15, 0.2) is 24.3 Å². The summed E-state index contributed by atoms with van der Waals surface area (Å²) in [5, 5.41) is 3.33. The molecule has 1 aromatic carbocycles. The van der Waals surface area contributed by atoms with E-state index in [1.54, 1.807) is 12.1 Å². The minimum Gasteiger partial charge on any atom is -0.434 e. The number of halogens is 2. The maximum atomic E-state index is 12.3. The smallest absolute Gasteiger partial charge is 0.387 e. The van der Waals surface area contributed by atoms with Gasteiger partial charge in [-0.25, -0.2) is 0 Å². The lowest BCUT2D eigenvalue weighted by molar-refractivity contribution is -0.0505. The first-order chi connectivity index (χ1) is 9.66. The molecule has 112 valence electrons. The van der Waals surface area contributed by atoms with E-state index in [9.17, 15) is 8.78 Å². The minimum atomic E-state index is -2.78. The third kappa shape index (κ3) is 4.42. The Morgan fingerprint density at radius 1 is 1.25 bits per heavy atom. The molecule has 1 fully saturated rings. The molecular formula is C15H22F2N2O. The number of para-hydroxylation sites is 1. The predicted octanol–water partition coefficient (Wildman–Crippen LogP) is 2.86. The highest BCUT2D eigenvalue weighted by atomic mass is 19.3. The van der Waals surface area contributed by atoms with Crippen LogP contribution in [-0.2, 0) is 6.54 Å². The zero-order valence-corrected chi connectivity index (χ0v) is 11.8. The molecule has 0 aliphatic carbocycles. The molecule has 3 nitrogen and oxygen atoms in total. The number of hydrogen-bond acceptors (Lipinski definition) is 3. The fourth-order valence-electron chi connectivity index (χ4n) is 2.59. The highest BCUT2D eigenvalue weighted by Crippen LogP contribution is 2.20. The molecule has 5 heteroatoms. The summed E-state index contributed by atoms with van der Waals surface area (Å²) in [6.45, 7) is 3.13. The van der Waals surface area contributed by atoms with E-state index >= 15 is 0 Å². The second-order valence-corrected chi connectivity index (χ2v) is 5.21. The van der Waals surface area contributed by atoms with Crippen molar-refractivity contribution in [3.05, 3.63) is 29.8 Å². The first kappa shape index (κ1) is 15.2. The van der Waals surface area contributed by atoms with Crippen LogP contribution in [-0.4, -0.2) is 37.2 Å². The van der Waals surface area contributed by atoms with E-state index in [-0.39, 0.29) is 5.75 Å². The van der Waals surface area contributed by atoms with Crippen molar-refractivity contribution < 1.29 is 13.5 Å². The van der Waals surface area contributed by atoms with Gasteiger partial charge in [0.15, 0.2) is 0 Å². The Morgan fingerprint density at radius 2 is 1.95 bits per heavy atom. The number of hydrogen-bond donors (Lipinski definition) is 1. The summed E-state index contributed by atoms with van der Waals surface area (Å²) >= 11 is 0. The molecule has 0 radical (unpaired) electrons. The van der Waals surface area contributed by atoms with Crippen LogP contribution in [0.25, 0.3) is 0 Å². The van der Waals surface area contributed by atoms with Gasteiger partial charge in [0.2, 0.25) is 0 Å². The first-order valence-corrected chi connectivity index (χ1v) is 7.14. The van der Waals surface area contributed by atoms with Crippen LogP contribution >= 0.6 is 0 Å². The number of rotatable bonds is 7. The molecule has 0 aromatic heterocycles. The lowest BCUT2D eigenvalue weighted by Crippen LogP contribution is -2.38. The Balaban J connectivity index is 1.81. The molecule has 1 atom stereocenters. The van der Waals surface area contributed by atoms with E-state index in [1.807, 2.05) is 12.1 Å². The van der Waals surface area contributed by atoms with Gasteiger partial charge >= 0.3 is 6.61 Å². The third-order valence-corrected chi connectivity index (χ3v) is 3.71. The quantitative estimate of drug-likeness (QED) is 0.833. The Bertz CT molecular complexity index is 409. The van der Waals surface area contributed by atoms with Crippen LogP contribution < -0.4 is 10.1 Å². The van der Waals surface area contributed by atoms with Gasteiger partial charge in [-0.05, 0) is 38.9 Å². The molecule has 1 aliphatic rings. The molecule has 1 aromatic rings. The molecule has 0 saturated carbocycles. The standard InChI is InChI=1S/C15H22F2N2O/c1-12(19-8-4-5-9-19)10-18-11-13-6-2-3-7-14(13)20-15(16)17/h2-3,6-7,12,15,18H,4-5,8-11H2,1H3. The van der Waals surface area contributed by atoms with Crippen LogP contribution in [0.4, 0.5) is 8.78 Å². The van der Waals surface area contributed by atoms with Crippen molar-refractivity contribution in [3.8, 4) is 5.75 Å². The van der Waals surface area contributed by atoms with Crippen molar-refractivity contribution in [2.75, 3.05) is 19.6 Å². The number of nitrogens with one attached hydrogen (secondary N) is 1. The monoisotopic (exact) mass is 284 g/mol. The van der Waals surface area contributed by atoms with E-state index in [1.165, 1.54) is 12.8 Å². The van der Waals surface area contributed by atoms with Crippen molar-refractivity contribution in [1.82, 2.24) is 10.2 Å².